The smallest absolute Gasteiger partial charge is 0.0793 e. The molecular formula is C16H25ClN2O2. The third kappa shape index (κ3) is 5.57. The highest BCUT2D eigenvalue weighted by Gasteiger charge is 2.16. The van der Waals surface area contributed by atoms with E-state index in [9.17, 15) is 5.11 Å². The highest BCUT2D eigenvalue weighted by atomic mass is 35.5. The van der Waals surface area contributed by atoms with Crippen molar-refractivity contribution < 1.29 is 9.84 Å². The Morgan fingerprint density at radius 3 is 2.76 bits per heavy atom. The van der Waals surface area contributed by atoms with Gasteiger partial charge in [0, 0.05) is 37.7 Å². The monoisotopic (exact) mass is 312 g/mol. The number of hydrogen-bond donors (Lipinski definition) is 1. The minimum atomic E-state index is -0.333. The molecule has 0 amide bonds. The number of ether oxygens (including phenoxy) is 1. The number of morpholine rings is 1. The standard InChI is InChI=1S/C16H25ClN2O2/c1-13-9-15(17)4-3-14(13)10-18(2)11-16(20)12-19-5-7-21-8-6-19/h3-4,9,16,20H,5-8,10-12H2,1-2H3. The van der Waals surface area contributed by atoms with Crippen LogP contribution in [0.3, 0.4) is 0 Å². The van der Waals surface area contributed by atoms with Crippen LogP contribution in [0.5, 0.6) is 0 Å². The molecular weight excluding hydrogens is 288 g/mol. The molecule has 118 valence electrons. The van der Waals surface area contributed by atoms with Gasteiger partial charge in [-0.2, -0.15) is 0 Å². The number of β-amino-alcohol motifs (C(OH)–C–C–N with tert-alkyl or cyclic N) is 1. The molecule has 1 atom stereocenters. The summed E-state index contributed by atoms with van der Waals surface area (Å²) in [5.41, 5.74) is 2.44. The Labute approximate surface area is 132 Å². The molecule has 0 radical (unpaired) electrons. The van der Waals surface area contributed by atoms with Crippen molar-refractivity contribution in [2.45, 2.75) is 19.6 Å². The summed E-state index contributed by atoms with van der Waals surface area (Å²) in [4.78, 5) is 4.41. The van der Waals surface area contributed by atoms with Crippen LogP contribution in [0.25, 0.3) is 0 Å². The zero-order valence-corrected chi connectivity index (χ0v) is 13.6. The fraction of sp³-hybridized carbons (Fsp3) is 0.625. The van der Waals surface area contributed by atoms with Crippen LogP contribution in [0.1, 0.15) is 11.1 Å². The van der Waals surface area contributed by atoms with Crippen molar-refractivity contribution in [1.29, 1.82) is 0 Å². The first-order valence-electron chi connectivity index (χ1n) is 7.46. The summed E-state index contributed by atoms with van der Waals surface area (Å²) in [6.07, 6.45) is -0.333. The molecule has 2 rings (SSSR count). The topological polar surface area (TPSA) is 35.9 Å². The lowest BCUT2D eigenvalue weighted by molar-refractivity contribution is 0.00824. The number of aliphatic hydroxyl groups is 1. The van der Waals surface area contributed by atoms with Gasteiger partial charge in [-0.1, -0.05) is 17.7 Å². The van der Waals surface area contributed by atoms with Gasteiger partial charge in [-0.05, 0) is 37.2 Å². The fourth-order valence-electron chi connectivity index (χ4n) is 2.69. The first-order valence-corrected chi connectivity index (χ1v) is 7.84. The van der Waals surface area contributed by atoms with E-state index in [2.05, 4.69) is 22.8 Å². The van der Waals surface area contributed by atoms with Gasteiger partial charge < -0.3 is 9.84 Å². The van der Waals surface area contributed by atoms with Gasteiger partial charge in [-0.25, -0.2) is 0 Å². The molecule has 1 fully saturated rings. The summed E-state index contributed by atoms with van der Waals surface area (Å²) in [6, 6.07) is 5.96. The molecule has 0 bridgehead atoms. The maximum atomic E-state index is 10.2. The zero-order valence-electron chi connectivity index (χ0n) is 12.9. The number of likely N-dealkylation sites (N-methyl/N-ethyl adjacent to an activating group) is 1. The second-order valence-corrected chi connectivity index (χ2v) is 6.27. The van der Waals surface area contributed by atoms with Crippen molar-refractivity contribution in [2.24, 2.45) is 0 Å². The van der Waals surface area contributed by atoms with Crippen molar-refractivity contribution in [2.75, 3.05) is 46.4 Å². The van der Waals surface area contributed by atoms with E-state index >= 15 is 0 Å². The Morgan fingerprint density at radius 1 is 1.38 bits per heavy atom. The number of rotatable bonds is 6. The van der Waals surface area contributed by atoms with E-state index < -0.39 is 0 Å². The third-order valence-corrected chi connectivity index (χ3v) is 4.08. The molecule has 0 saturated carbocycles. The molecule has 1 saturated heterocycles. The third-order valence-electron chi connectivity index (χ3n) is 3.84. The van der Waals surface area contributed by atoms with Crippen LogP contribution in [0.4, 0.5) is 0 Å². The quantitative estimate of drug-likeness (QED) is 0.868. The second kappa shape index (κ2) is 8.11. The fourth-order valence-corrected chi connectivity index (χ4v) is 2.92. The summed E-state index contributed by atoms with van der Waals surface area (Å²) in [5, 5.41) is 11.0. The van der Waals surface area contributed by atoms with E-state index in [4.69, 9.17) is 16.3 Å². The van der Waals surface area contributed by atoms with Gasteiger partial charge in [-0.15, -0.1) is 0 Å². The van der Waals surface area contributed by atoms with E-state index in [1.54, 1.807) is 0 Å². The molecule has 21 heavy (non-hydrogen) atoms. The highest BCUT2D eigenvalue weighted by Crippen LogP contribution is 2.16. The van der Waals surface area contributed by atoms with E-state index in [0.717, 1.165) is 37.9 Å². The number of aryl methyl sites for hydroxylation is 1. The highest BCUT2D eigenvalue weighted by molar-refractivity contribution is 6.30. The maximum absolute atomic E-state index is 10.2. The van der Waals surface area contributed by atoms with Crippen molar-refractivity contribution in [3.63, 3.8) is 0 Å². The summed E-state index contributed by atoms with van der Waals surface area (Å²) < 4.78 is 5.32. The van der Waals surface area contributed by atoms with E-state index in [-0.39, 0.29) is 6.10 Å². The predicted molar refractivity (Wildman–Crippen MR) is 85.8 cm³/mol. The average Bonchev–Trinajstić information content (AvgIpc) is 2.43. The van der Waals surface area contributed by atoms with Crippen LogP contribution in [0, 0.1) is 6.92 Å². The average molecular weight is 313 g/mol. The number of aliphatic hydroxyl groups excluding tert-OH is 1. The molecule has 0 aliphatic carbocycles. The first kappa shape index (κ1) is 16.7. The molecule has 0 spiro atoms. The predicted octanol–water partition coefficient (Wildman–Crippen LogP) is 1.77. The van der Waals surface area contributed by atoms with Crippen LogP contribution in [0.15, 0.2) is 18.2 Å². The van der Waals surface area contributed by atoms with E-state index in [1.165, 1.54) is 11.1 Å². The Kier molecular flexibility index (Phi) is 6.45. The molecule has 1 aromatic carbocycles. The largest absolute Gasteiger partial charge is 0.390 e. The lowest BCUT2D eigenvalue weighted by atomic mass is 10.1. The molecule has 5 heteroatoms. The Morgan fingerprint density at radius 2 is 2.10 bits per heavy atom. The van der Waals surface area contributed by atoms with Gasteiger partial charge >= 0.3 is 0 Å². The maximum Gasteiger partial charge on any atom is 0.0793 e. The van der Waals surface area contributed by atoms with Gasteiger partial charge in [0.05, 0.1) is 19.3 Å². The molecule has 1 aliphatic heterocycles. The summed E-state index contributed by atoms with van der Waals surface area (Å²) in [5.74, 6) is 0. The zero-order chi connectivity index (χ0) is 15.2. The Bertz CT molecular complexity index is 450. The van der Waals surface area contributed by atoms with Gasteiger partial charge in [0.2, 0.25) is 0 Å². The molecule has 1 aromatic rings. The van der Waals surface area contributed by atoms with Crippen molar-refractivity contribution >= 4 is 11.6 Å². The van der Waals surface area contributed by atoms with Crippen molar-refractivity contribution in [3.8, 4) is 0 Å². The Hall–Kier alpha value is -0.650. The van der Waals surface area contributed by atoms with Gasteiger partial charge in [-0.3, -0.25) is 9.80 Å². The molecule has 1 heterocycles. The minimum Gasteiger partial charge on any atom is -0.390 e. The number of halogens is 1. The van der Waals surface area contributed by atoms with Crippen molar-refractivity contribution in [3.05, 3.63) is 34.3 Å². The van der Waals surface area contributed by atoms with Crippen LogP contribution in [0.2, 0.25) is 5.02 Å². The molecule has 1 N–H and O–H groups in total. The van der Waals surface area contributed by atoms with Gasteiger partial charge in [0.15, 0.2) is 0 Å². The van der Waals surface area contributed by atoms with Gasteiger partial charge in [0.1, 0.15) is 0 Å². The minimum absolute atomic E-state index is 0.333. The summed E-state index contributed by atoms with van der Waals surface area (Å²) >= 11 is 5.98. The second-order valence-electron chi connectivity index (χ2n) is 5.83. The number of nitrogens with zero attached hydrogens (tertiary/aromatic N) is 2. The molecule has 4 nitrogen and oxygen atoms in total. The normalized spacial score (nSPS) is 18.1. The number of benzene rings is 1. The summed E-state index contributed by atoms with van der Waals surface area (Å²) in [7, 11) is 2.04. The lowest BCUT2D eigenvalue weighted by Crippen LogP contribution is -2.44. The van der Waals surface area contributed by atoms with Crippen LogP contribution < -0.4 is 0 Å². The summed E-state index contributed by atoms with van der Waals surface area (Å²) in [6.45, 7) is 7.64. The van der Waals surface area contributed by atoms with E-state index in [0.29, 0.717) is 13.1 Å². The Balaban J connectivity index is 1.78. The van der Waals surface area contributed by atoms with Crippen molar-refractivity contribution in [1.82, 2.24) is 9.80 Å². The lowest BCUT2D eigenvalue weighted by Gasteiger charge is -2.30. The number of hydrogen-bond acceptors (Lipinski definition) is 4. The van der Waals surface area contributed by atoms with Crippen LogP contribution >= 0.6 is 11.6 Å². The van der Waals surface area contributed by atoms with E-state index in [1.807, 2.05) is 19.2 Å². The van der Waals surface area contributed by atoms with Gasteiger partial charge in [0.25, 0.3) is 0 Å². The molecule has 1 aliphatic rings. The first-order chi connectivity index (χ1) is 10.0. The SMILES string of the molecule is Cc1cc(Cl)ccc1CN(C)CC(O)CN1CCOCC1. The molecule has 1 unspecified atom stereocenters. The van der Waals surface area contributed by atoms with Crippen LogP contribution in [-0.2, 0) is 11.3 Å². The van der Waals surface area contributed by atoms with Crippen LogP contribution in [-0.4, -0.2) is 67.5 Å². The molecule has 0 aromatic heterocycles.